The van der Waals surface area contributed by atoms with Crippen molar-refractivity contribution in [2.45, 2.75) is 38.4 Å². The van der Waals surface area contributed by atoms with Crippen molar-refractivity contribution in [1.29, 1.82) is 0 Å². The molecule has 9 heteroatoms. The molecule has 25 heavy (non-hydrogen) atoms. The highest BCUT2D eigenvalue weighted by Gasteiger charge is 2.43. The Bertz CT molecular complexity index is 776. The minimum absolute atomic E-state index is 0.0677. The molecule has 0 saturated heterocycles. The fourth-order valence-corrected chi connectivity index (χ4v) is 5.10. The molecular formula is C16H23F2N3O2S2. The molecule has 0 saturated carbocycles. The average molecular weight is 392 g/mol. The monoisotopic (exact) mass is 391 g/mol. The summed E-state index contributed by atoms with van der Waals surface area (Å²) in [5.74, 6) is -2.28. The lowest BCUT2D eigenvalue weighted by atomic mass is 10.1. The second-order valence-corrected chi connectivity index (χ2v) is 9.21. The van der Waals surface area contributed by atoms with Crippen molar-refractivity contribution in [2.24, 2.45) is 5.92 Å². The van der Waals surface area contributed by atoms with Gasteiger partial charge in [0.15, 0.2) is 5.79 Å². The first-order valence-corrected chi connectivity index (χ1v) is 10.6. The Hall–Kier alpha value is -1.32. The molecule has 1 unspecified atom stereocenters. The minimum atomic E-state index is -3.48. The third-order valence-electron chi connectivity index (χ3n) is 3.72. The van der Waals surface area contributed by atoms with Gasteiger partial charge in [0.25, 0.3) is 0 Å². The summed E-state index contributed by atoms with van der Waals surface area (Å²) in [6.07, 6.45) is 1.09. The van der Waals surface area contributed by atoms with E-state index < -0.39 is 27.4 Å². The van der Waals surface area contributed by atoms with Crippen molar-refractivity contribution < 1.29 is 17.2 Å². The zero-order valence-corrected chi connectivity index (χ0v) is 16.5. The SMILES string of the molecule is CCN1C(Sc2cc(F)cc(F)c2)=C(C(C)C)NC1(C)NS(C)(=O)=O. The van der Waals surface area contributed by atoms with E-state index in [1.165, 1.54) is 23.9 Å². The van der Waals surface area contributed by atoms with E-state index in [2.05, 4.69) is 10.0 Å². The maximum atomic E-state index is 13.5. The van der Waals surface area contributed by atoms with E-state index in [0.717, 1.165) is 23.0 Å². The summed E-state index contributed by atoms with van der Waals surface area (Å²) >= 11 is 1.21. The highest BCUT2D eigenvalue weighted by molar-refractivity contribution is 8.03. The molecule has 0 aromatic heterocycles. The van der Waals surface area contributed by atoms with Crippen LogP contribution in [0.15, 0.2) is 33.8 Å². The molecule has 0 bridgehead atoms. The normalized spacial score (nSPS) is 21.2. The third kappa shape index (κ3) is 4.65. The Kier molecular flexibility index (Phi) is 5.70. The topological polar surface area (TPSA) is 61.4 Å². The molecule has 1 aromatic rings. The molecule has 5 nitrogen and oxygen atoms in total. The molecule has 0 radical (unpaired) electrons. The number of allylic oxidation sites excluding steroid dienone is 1. The van der Waals surface area contributed by atoms with Gasteiger partial charge in [0.2, 0.25) is 10.0 Å². The van der Waals surface area contributed by atoms with E-state index in [1.807, 2.05) is 25.7 Å². The van der Waals surface area contributed by atoms with Crippen LogP contribution in [-0.4, -0.2) is 31.9 Å². The number of sulfonamides is 1. The van der Waals surface area contributed by atoms with Crippen molar-refractivity contribution in [3.8, 4) is 0 Å². The van der Waals surface area contributed by atoms with E-state index in [9.17, 15) is 17.2 Å². The predicted octanol–water partition coefficient (Wildman–Crippen LogP) is 3.03. The Morgan fingerprint density at radius 2 is 1.84 bits per heavy atom. The lowest BCUT2D eigenvalue weighted by molar-refractivity contribution is 0.150. The lowest BCUT2D eigenvalue weighted by Crippen LogP contribution is -2.62. The predicted molar refractivity (Wildman–Crippen MR) is 96.0 cm³/mol. The summed E-state index contributed by atoms with van der Waals surface area (Å²) < 4.78 is 53.2. The highest BCUT2D eigenvalue weighted by Crippen LogP contribution is 2.41. The van der Waals surface area contributed by atoms with Crippen LogP contribution in [0.5, 0.6) is 0 Å². The van der Waals surface area contributed by atoms with Crippen molar-refractivity contribution in [2.75, 3.05) is 12.8 Å². The number of hydrogen-bond acceptors (Lipinski definition) is 5. The molecule has 1 aliphatic rings. The third-order valence-corrected chi connectivity index (χ3v) is 5.60. The Morgan fingerprint density at radius 1 is 1.28 bits per heavy atom. The molecule has 1 aromatic carbocycles. The Morgan fingerprint density at radius 3 is 2.28 bits per heavy atom. The van der Waals surface area contributed by atoms with Gasteiger partial charge >= 0.3 is 0 Å². The maximum Gasteiger partial charge on any atom is 0.212 e. The Balaban J connectivity index is 2.45. The second-order valence-electron chi connectivity index (χ2n) is 6.40. The van der Waals surface area contributed by atoms with Crippen LogP contribution in [0.3, 0.4) is 0 Å². The minimum Gasteiger partial charge on any atom is -0.351 e. The zero-order valence-electron chi connectivity index (χ0n) is 14.9. The molecule has 1 aliphatic heterocycles. The summed E-state index contributed by atoms with van der Waals surface area (Å²) in [5, 5.41) is 3.97. The van der Waals surface area contributed by atoms with Gasteiger partial charge in [-0.1, -0.05) is 25.6 Å². The van der Waals surface area contributed by atoms with Crippen LogP contribution >= 0.6 is 11.8 Å². The molecule has 0 fully saturated rings. The lowest BCUT2D eigenvalue weighted by Gasteiger charge is -2.37. The number of halogens is 2. The molecular weight excluding hydrogens is 368 g/mol. The number of hydrogen-bond donors (Lipinski definition) is 2. The van der Waals surface area contributed by atoms with Gasteiger partial charge in [-0.2, -0.15) is 4.72 Å². The van der Waals surface area contributed by atoms with Crippen LogP contribution in [0.4, 0.5) is 8.78 Å². The van der Waals surface area contributed by atoms with Crippen molar-refractivity contribution >= 4 is 21.8 Å². The summed E-state index contributed by atoms with van der Waals surface area (Å²) in [6, 6.07) is 3.33. The molecule has 0 aliphatic carbocycles. The second kappa shape index (κ2) is 7.13. The molecule has 1 heterocycles. The highest BCUT2D eigenvalue weighted by atomic mass is 32.2. The molecule has 0 spiro atoms. The van der Waals surface area contributed by atoms with Gasteiger partial charge in [-0.3, -0.25) is 0 Å². The van der Waals surface area contributed by atoms with E-state index in [-0.39, 0.29) is 5.92 Å². The average Bonchev–Trinajstić information content (AvgIpc) is 2.67. The first-order valence-electron chi connectivity index (χ1n) is 7.88. The summed E-state index contributed by atoms with van der Waals surface area (Å²) in [4.78, 5) is 2.26. The van der Waals surface area contributed by atoms with Gasteiger partial charge in [-0.15, -0.1) is 0 Å². The first-order chi connectivity index (χ1) is 11.4. The van der Waals surface area contributed by atoms with Crippen LogP contribution < -0.4 is 10.0 Å². The van der Waals surface area contributed by atoms with Gasteiger partial charge in [0.05, 0.1) is 11.3 Å². The fourth-order valence-electron chi connectivity index (χ4n) is 2.83. The molecule has 2 rings (SSSR count). The van der Waals surface area contributed by atoms with Crippen molar-refractivity contribution in [3.63, 3.8) is 0 Å². The summed E-state index contributed by atoms with van der Waals surface area (Å²) in [7, 11) is -3.48. The van der Waals surface area contributed by atoms with Crippen molar-refractivity contribution in [1.82, 2.24) is 14.9 Å². The van der Waals surface area contributed by atoms with Crippen LogP contribution in [0.2, 0.25) is 0 Å². The van der Waals surface area contributed by atoms with Crippen molar-refractivity contribution in [3.05, 3.63) is 40.6 Å². The molecule has 140 valence electrons. The van der Waals surface area contributed by atoms with Gasteiger partial charge in [-0.05, 0) is 31.9 Å². The number of thioether (sulfide) groups is 1. The van der Waals surface area contributed by atoms with Gasteiger partial charge < -0.3 is 10.2 Å². The maximum absolute atomic E-state index is 13.5. The fraction of sp³-hybridized carbons (Fsp3) is 0.500. The Labute approximate surface area is 151 Å². The van der Waals surface area contributed by atoms with E-state index >= 15 is 0 Å². The van der Waals surface area contributed by atoms with Crippen LogP contribution in [0.1, 0.15) is 27.7 Å². The van der Waals surface area contributed by atoms with Crippen LogP contribution in [0, 0.1) is 17.6 Å². The quantitative estimate of drug-likeness (QED) is 0.781. The standard InChI is InChI=1S/C16H23F2N3O2S2/c1-6-21-15(24-13-8-11(17)7-12(18)9-13)14(10(2)3)19-16(21,4)20-25(5,22)23/h7-10,19-20H,6H2,1-5H3. The van der Waals surface area contributed by atoms with Crippen LogP contribution in [0.25, 0.3) is 0 Å². The molecule has 1 atom stereocenters. The van der Waals surface area contributed by atoms with Crippen LogP contribution in [-0.2, 0) is 10.0 Å². The summed E-state index contributed by atoms with van der Waals surface area (Å²) in [6.45, 7) is 8.05. The van der Waals surface area contributed by atoms with E-state index in [1.54, 1.807) is 6.92 Å². The largest absolute Gasteiger partial charge is 0.351 e. The number of nitrogens with one attached hydrogen (secondary N) is 2. The van der Waals surface area contributed by atoms with E-state index in [0.29, 0.717) is 11.4 Å². The van der Waals surface area contributed by atoms with E-state index in [4.69, 9.17) is 0 Å². The number of nitrogens with zero attached hydrogens (tertiary/aromatic N) is 1. The smallest absolute Gasteiger partial charge is 0.212 e. The summed E-state index contributed by atoms with van der Waals surface area (Å²) in [5.41, 5.74) is 0.815. The van der Waals surface area contributed by atoms with Gasteiger partial charge in [0, 0.05) is 23.2 Å². The van der Waals surface area contributed by atoms with Gasteiger partial charge in [0.1, 0.15) is 11.6 Å². The number of benzene rings is 1. The molecule has 2 N–H and O–H groups in total. The molecule has 0 amide bonds. The first kappa shape index (κ1) is 20.0. The zero-order chi connectivity index (χ0) is 19.0. The van der Waals surface area contributed by atoms with Gasteiger partial charge in [-0.25, -0.2) is 17.2 Å². The number of rotatable bonds is 6.